The number of hydroxylamine groups is 2. The zero-order valence-electron chi connectivity index (χ0n) is 16.3. The predicted molar refractivity (Wildman–Crippen MR) is 89.1 cm³/mol. The highest BCUT2D eigenvalue weighted by molar-refractivity contribution is 6.02. The van der Waals surface area contributed by atoms with Crippen molar-refractivity contribution in [3.8, 4) is 0 Å². The number of hydrogen-bond donors (Lipinski definition) is 0. The van der Waals surface area contributed by atoms with Crippen LogP contribution in [0.3, 0.4) is 0 Å². The van der Waals surface area contributed by atoms with Gasteiger partial charge in [0.1, 0.15) is 5.60 Å². The molecule has 0 N–H and O–H groups in total. The third-order valence-corrected chi connectivity index (χ3v) is 3.31. The number of carbonyl (C=O) groups is 6. The first-order valence-corrected chi connectivity index (χ1v) is 8.47. The minimum absolute atomic E-state index is 0.137. The van der Waals surface area contributed by atoms with E-state index in [2.05, 4.69) is 4.84 Å². The van der Waals surface area contributed by atoms with Crippen LogP contribution < -0.4 is 0 Å². The maximum absolute atomic E-state index is 12.3. The molecule has 2 amide bonds. The SMILES string of the molecule is CC(=O)[C@H](C)OC(=O)C[C@H](OC(=O)OC(C)(C)C)C(=O)ON1C(=O)CCC1=O. The highest BCUT2D eigenvalue weighted by Gasteiger charge is 2.38. The second kappa shape index (κ2) is 9.29. The van der Waals surface area contributed by atoms with Crippen LogP contribution in [0.15, 0.2) is 0 Å². The molecule has 0 saturated carbocycles. The summed E-state index contributed by atoms with van der Waals surface area (Å²) in [6, 6.07) is 0. The van der Waals surface area contributed by atoms with Crippen molar-refractivity contribution in [2.24, 2.45) is 0 Å². The Bertz CT molecular complexity index is 662. The van der Waals surface area contributed by atoms with Gasteiger partial charge in [0.15, 0.2) is 11.9 Å². The molecule has 1 aliphatic heterocycles. The van der Waals surface area contributed by atoms with Crippen LogP contribution in [0.1, 0.15) is 53.9 Å². The summed E-state index contributed by atoms with van der Waals surface area (Å²) in [4.78, 5) is 75.0. The zero-order valence-corrected chi connectivity index (χ0v) is 16.3. The van der Waals surface area contributed by atoms with Gasteiger partial charge in [-0.15, -0.1) is 5.06 Å². The standard InChI is InChI=1S/C17H23NO10/c1-9(19)10(2)25-14(22)8-11(26-16(24)27-17(3,4)5)15(23)28-18-12(20)6-7-13(18)21/h10-11H,6-8H2,1-5H3/t10-,11-/m0/s1. The van der Waals surface area contributed by atoms with Crippen LogP contribution in [0, 0.1) is 0 Å². The summed E-state index contributed by atoms with van der Waals surface area (Å²) >= 11 is 0. The minimum atomic E-state index is -1.86. The summed E-state index contributed by atoms with van der Waals surface area (Å²) in [7, 11) is 0. The second-order valence-corrected chi connectivity index (χ2v) is 7.01. The lowest BCUT2D eigenvalue weighted by atomic mass is 10.2. The van der Waals surface area contributed by atoms with Gasteiger partial charge in [0, 0.05) is 12.8 Å². The summed E-state index contributed by atoms with van der Waals surface area (Å²) in [6.45, 7) is 7.17. The molecule has 11 heteroatoms. The maximum Gasteiger partial charge on any atom is 0.509 e. The number of imide groups is 1. The Morgan fingerprint density at radius 2 is 1.57 bits per heavy atom. The Morgan fingerprint density at radius 3 is 2.04 bits per heavy atom. The van der Waals surface area contributed by atoms with E-state index >= 15 is 0 Å². The lowest BCUT2D eigenvalue weighted by molar-refractivity contribution is -0.205. The molecular weight excluding hydrogens is 378 g/mol. The molecule has 1 heterocycles. The number of ketones is 1. The molecule has 0 spiro atoms. The topological polar surface area (TPSA) is 143 Å². The number of nitrogens with zero attached hydrogens (tertiary/aromatic N) is 1. The van der Waals surface area contributed by atoms with Crippen molar-refractivity contribution < 1.29 is 47.8 Å². The van der Waals surface area contributed by atoms with Gasteiger partial charge in [0.2, 0.25) is 6.10 Å². The molecule has 0 radical (unpaired) electrons. The first-order valence-electron chi connectivity index (χ1n) is 8.47. The van der Waals surface area contributed by atoms with Gasteiger partial charge in [0.05, 0.1) is 6.42 Å². The smallest absolute Gasteiger partial charge is 0.455 e. The van der Waals surface area contributed by atoms with E-state index in [4.69, 9.17) is 14.2 Å². The average Bonchev–Trinajstić information content (AvgIpc) is 2.84. The van der Waals surface area contributed by atoms with Crippen LogP contribution in [0.5, 0.6) is 0 Å². The number of rotatable bonds is 7. The number of amides is 2. The van der Waals surface area contributed by atoms with Gasteiger partial charge in [-0.1, -0.05) is 0 Å². The van der Waals surface area contributed by atoms with E-state index < -0.39 is 59.9 Å². The molecule has 1 aliphatic rings. The Labute approximate surface area is 161 Å². The molecule has 2 atom stereocenters. The van der Waals surface area contributed by atoms with Crippen LogP contribution in [0.25, 0.3) is 0 Å². The Morgan fingerprint density at radius 1 is 1.04 bits per heavy atom. The van der Waals surface area contributed by atoms with E-state index in [1.807, 2.05) is 0 Å². The number of carbonyl (C=O) groups excluding carboxylic acids is 6. The van der Waals surface area contributed by atoms with Gasteiger partial charge in [-0.25, -0.2) is 9.59 Å². The van der Waals surface area contributed by atoms with Crippen LogP contribution in [-0.4, -0.2) is 58.6 Å². The lowest BCUT2D eigenvalue weighted by Crippen LogP contribution is -2.40. The van der Waals surface area contributed by atoms with Crippen molar-refractivity contribution in [2.75, 3.05) is 0 Å². The molecule has 1 rings (SSSR count). The first-order chi connectivity index (χ1) is 12.8. The normalized spacial score (nSPS) is 16.2. The monoisotopic (exact) mass is 401 g/mol. The Hall–Kier alpha value is -2.98. The summed E-state index contributed by atoms with van der Waals surface area (Å²) in [5, 5.41) is 0.247. The van der Waals surface area contributed by atoms with Crippen LogP contribution >= 0.6 is 0 Å². The molecule has 0 aromatic carbocycles. The first kappa shape index (κ1) is 23.1. The second-order valence-electron chi connectivity index (χ2n) is 7.01. The molecule has 1 fully saturated rings. The van der Waals surface area contributed by atoms with Crippen LogP contribution in [0.2, 0.25) is 0 Å². The molecule has 0 aromatic heterocycles. The van der Waals surface area contributed by atoms with Crippen LogP contribution in [-0.2, 0) is 43.0 Å². The molecule has 11 nitrogen and oxygen atoms in total. The summed E-state index contributed by atoms with van der Waals surface area (Å²) in [5.41, 5.74) is -0.948. The lowest BCUT2D eigenvalue weighted by Gasteiger charge is -2.22. The molecule has 0 bridgehead atoms. The third kappa shape index (κ3) is 7.33. The Balaban J connectivity index is 2.86. The van der Waals surface area contributed by atoms with Crippen molar-refractivity contribution in [1.29, 1.82) is 0 Å². The Kier molecular flexibility index (Phi) is 7.65. The fourth-order valence-electron chi connectivity index (χ4n) is 1.85. The van der Waals surface area contributed by atoms with Gasteiger partial charge >= 0.3 is 18.1 Å². The molecule has 156 valence electrons. The summed E-state index contributed by atoms with van der Waals surface area (Å²) in [5.74, 6) is -4.31. The van der Waals surface area contributed by atoms with Crippen molar-refractivity contribution in [1.82, 2.24) is 5.06 Å². The molecule has 1 saturated heterocycles. The van der Waals surface area contributed by atoms with Crippen molar-refractivity contribution in [2.45, 2.75) is 71.7 Å². The quantitative estimate of drug-likeness (QED) is 0.444. The van der Waals surface area contributed by atoms with Gasteiger partial charge in [-0.05, 0) is 34.6 Å². The summed E-state index contributed by atoms with van der Waals surface area (Å²) in [6.07, 6.45) is -5.30. The van der Waals surface area contributed by atoms with E-state index in [1.54, 1.807) is 20.8 Å². The van der Waals surface area contributed by atoms with E-state index in [-0.39, 0.29) is 17.9 Å². The van der Waals surface area contributed by atoms with Crippen molar-refractivity contribution in [3.63, 3.8) is 0 Å². The van der Waals surface area contributed by atoms with E-state index in [9.17, 15) is 28.8 Å². The highest BCUT2D eigenvalue weighted by atomic mass is 16.8. The van der Waals surface area contributed by atoms with E-state index in [0.717, 1.165) is 0 Å². The van der Waals surface area contributed by atoms with Gasteiger partial charge in [-0.3, -0.25) is 19.2 Å². The number of ether oxygens (including phenoxy) is 3. The number of esters is 1. The molecular formula is C17H23NO10. The van der Waals surface area contributed by atoms with E-state index in [0.29, 0.717) is 0 Å². The van der Waals surface area contributed by atoms with Crippen molar-refractivity contribution >= 4 is 35.7 Å². The molecule has 0 aromatic rings. The molecule has 28 heavy (non-hydrogen) atoms. The highest BCUT2D eigenvalue weighted by Crippen LogP contribution is 2.16. The minimum Gasteiger partial charge on any atom is -0.455 e. The fourth-order valence-corrected chi connectivity index (χ4v) is 1.85. The summed E-state index contributed by atoms with van der Waals surface area (Å²) < 4.78 is 14.5. The largest absolute Gasteiger partial charge is 0.509 e. The molecule has 0 aliphatic carbocycles. The third-order valence-electron chi connectivity index (χ3n) is 3.31. The average molecular weight is 401 g/mol. The van der Waals surface area contributed by atoms with Gasteiger partial charge < -0.3 is 19.0 Å². The fraction of sp³-hybridized carbons (Fsp3) is 0.647. The number of hydrogen-bond acceptors (Lipinski definition) is 10. The van der Waals surface area contributed by atoms with E-state index in [1.165, 1.54) is 13.8 Å². The van der Waals surface area contributed by atoms with Crippen LogP contribution in [0.4, 0.5) is 4.79 Å². The van der Waals surface area contributed by atoms with Gasteiger partial charge in [-0.2, -0.15) is 0 Å². The zero-order chi connectivity index (χ0) is 21.6. The predicted octanol–water partition coefficient (Wildman–Crippen LogP) is 0.825. The van der Waals surface area contributed by atoms with Crippen molar-refractivity contribution in [3.05, 3.63) is 0 Å². The van der Waals surface area contributed by atoms with Gasteiger partial charge in [0.25, 0.3) is 11.8 Å². The number of Topliss-reactive ketones (excluding diaryl/α,β-unsaturated/α-hetero) is 1. The molecule has 0 unspecified atom stereocenters. The maximum atomic E-state index is 12.3.